The van der Waals surface area contributed by atoms with Gasteiger partial charge >= 0.3 is 0 Å². The minimum absolute atomic E-state index is 0.0257. The number of nitrogens with zero attached hydrogens (tertiary/aromatic N) is 2. The van der Waals surface area contributed by atoms with E-state index < -0.39 is 0 Å². The number of fused-ring (bicyclic) bond motifs is 1. The predicted molar refractivity (Wildman–Crippen MR) is 60.1 cm³/mol. The number of hydrogen-bond donors (Lipinski definition) is 0. The molecule has 15 heavy (non-hydrogen) atoms. The Balaban J connectivity index is 2.81. The van der Waals surface area contributed by atoms with Gasteiger partial charge < -0.3 is 0 Å². The lowest BCUT2D eigenvalue weighted by Gasteiger charge is -1.97. The molecule has 0 fully saturated rings. The first-order chi connectivity index (χ1) is 7.13. The van der Waals surface area contributed by atoms with Crippen molar-refractivity contribution in [1.29, 1.82) is 0 Å². The van der Waals surface area contributed by atoms with E-state index in [1.807, 2.05) is 36.7 Å². The fourth-order valence-corrected chi connectivity index (χ4v) is 1.79. The summed E-state index contributed by atoms with van der Waals surface area (Å²) in [5, 5.41) is 5.28. The molecule has 0 amide bonds. The van der Waals surface area contributed by atoms with Crippen molar-refractivity contribution >= 4 is 16.7 Å². The van der Waals surface area contributed by atoms with E-state index in [9.17, 15) is 4.79 Å². The molecule has 0 bridgehead atoms. The van der Waals surface area contributed by atoms with E-state index in [0.717, 1.165) is 23.0 Å². The van der Waals surface area contributed by atoms with Crippen molar-refractivity contribution in [2.24, 2.45) is 0 Å². The first-order valence-corrected chi connectivity index (χ1v) is 5.11. The molecule has 3 nitrogen and oxygen atoms in total. The minimum Gasteiger partial charge on any atom is -0.293 e. The van der Waals surface area contributed by atoms with Crippen molar-refractivity contribution < 1.29 is 4.79 Å². The van der Waals surface area contributed by atoms with Crippen LogP contribution in [0.25, 0.3) is 10.9 Å². The van der Waals surface area contributed by atoms with Crippen molar-refractivity contribution in [3.05, 3.63) is 29.5 Å². The quantitative estimate of drug-likeness (QED) is 0.701. The number of carbonyl (C=O) groups is 1. The molecule has 0 aliphatic carbocycles. The maximum Gasteiger partial charge on any atom is 0.180 e. The molecule has 2 rings (SSSR count). The van der Waals surface area contributed by atoms with E-state index in [2.05, 4.69) is 5.10 Å². The zero-order chi connectivity index (χ0) is 11.0. The van der Waals surface area contributed by atoms with Gasteiger partial charge in [-0.2, -0.15) is 5.10 Å². The van der Waals surface area contributed by atoms with E-state index in [1.165, 1.54) is 0 Å². The third-order valence-electron chi connectivity index (χ3n) is 2.54. The second kappa shape index (κ2) is 3.50. The monoisotopic (exact) mass is 202 g/mol. The first-order valence-electron chi connectivity index (χ1n) is 5.11. The lowest BCUT2D eigenvalue weighted by atomic mass is 10.1. The summed E-state index contributed by atoms with van der Waals surface area (Å²) in [5.74, 6) is 0.0257. The molecule has 0 saturated carbocycles. The first kappa shape index (κ1) is 9.90. The Morgan fingerprint density at radius 2 is 2.20 bits per heavy atom. The van der Waals surface area contributed by atoms with Gasteiger partial charge in [0.1, 0.15) is 5.69 Å². The smallest absolute Gasteiger partial charge is 0.180 e. The number of aromatic nitrogens is 2. The normalized spacial score (nSPS) is 10.9. The zero-order valence-electron chi connectivity index (χ0n) is 9.24. The summed E-state index contributed by atoms with van der Waals surface area (Å²) in [6.07, 6.45) is 0. The number of benzene rings is 1. The Hall–Kier alpha value is -1.64. The van der Waals surface area contributed by atoms with Gasteiger partial charge in [0.25, 0.3) is 0 Å². The Labute approximate surface area is 88.7 Å². The Morgan fingerprint density at radius 1 is 1.47 bits per heavy atom. The van der Waals surface area contributed by atoms with Gasteiger partial charge in [-0.05, 0) is 26.0 Å². The number of rotatable bonds is 2. The predicted octanol–water partition coefficient (Wildman–Crippen LogP) is 2.57. The van der Waals surface area contributed by atoms with Gasteiger partial charge in [0.15, 0.2) is 5.78 Å². The second-order valence-electron chi connectivity index (χ2n) is 3.74. The van der Waals surface area contributed by atoms with Crippen molar-refractivity contribution in [2.45, 2.75) is 27.3 Å². The highest BCUT2D eigenvalue weighted by molar-refractivity contribution is 6.04. The van der Waals surface area contributed by atoms with Gasteiger partial charge in [0, 0.05) is 18.9 Å². The van der Waals surface area contributed by atoms with Gasteiger partial charge in [-0.3, -0.25) is 9.48 Å². The van der Waals surface area contributed by atoms with Gasteiger partial charge in [0.05, 0.1) is 5.52 Å². The average molecular weight is 202 g/mol. The molecule has 2 aromatic rings. The maximum absolute atomic E-state index is 11.4. The van der Waals surface area contributed by atoms with Crippen LogP contribution in [-0.4, -0.2) is 15.6 Å². The average Bonchev–Trinajstić information content (AvgIpc) is 2.55. The van der Waals surface area contributed by atoms with Crippen LogP contribution in [0.1, 0.15) is 29.9 Å². The van der Waals surface area contributed by atoms with Gasteiger partial charge in [0.2, 0.25) is 0 Å². The fraction of sp³-hybridized carbons (Fsp3) is 0.333. The highest BCUT2D eigenvalue weighted by Gasteiger charge is 2.12. The maximum atomic E-state index is 11.4. The SMILES string of the molecule is CCn1nc(C(C)=O)c2cc(C)ccc21. The van der Waals surface area contributed by atoms with Crippen molar-refractivity contribution in [3.8, 4) is 0 Å². The van der Waals surface area contributed by atoms with E-state index >= 15 is 0 Å². The highest BCUT2D eigenvalue weighted by Crippen LogP contribution is 2.20. The molecule has 1 aromatic carbocycles. The summed E-state index contributed by atoms with van der Waals surface area (Å²) in [5.41, 5.74) is 2.77. The van der Waals surface area contributed by atoms with Crippen LogP contribution in [0.4, 0.5) is 0 Å². The van der Waals surface area contributed by atoms with Crippen molar-refractivity contribution in [3.63, 3.8) is 0 Å². The van der Waals surface area contributed by atoms with Crippen LogP contribution in [0, 0.1) is 6.92 Å². The molecule has 0 atom stereocenters. The molecule has 0 saturated heterocycles. The number of aryl methyl sites for hydroxylation is 2. The largest absolute Gasteiger partial charge is 0.293 e. The van der Waals surface area contributed by atoms with Crippen LogP contribution < -0.4 is 0 Å². The Morgan fingerprint density at radius 3 is 2.80 bits per heavy atom. The Bertz CT molecular complexity index is 526. The zero-order valence-corrected chi connectivity index (χ0v) is 9.24. The van der Waals surface area contributed by atoms with Crippen LogP contribution in [0.5, 0.6) is 0 Å². The van der Waals surface area contributed by atoms with E-state index in [4.69, 9.17) is 0 Å². The molecule has 0 N–H and O–H groups in total. The molecule has 1 aromatic heterocycles. The number of Topliss-reactive ketones (excluding diaryl/α,β-unsaturated/α-hetero) is 1. The minimum atomic E-state index is 0.0257. The van der Waals surface area contributed by atoms with Crippen LogP contribution in [0.3, 0.4) is 0 Å². The summed E-state index contributed by atoms with van der Waals surface area (Å²) in [6.45, 7) is 6.39. The molecular formula is C12H14N2O. The third kappa shape index (κ3) is 1.54. The number of ketones is 1. The van der Waals surface area contributed by atoms with Crippen LogP contribution in [0.15, 0.2) is 18.2 Å². The summed E-state index contributed by atoms with van der Waals surface area (Å²) >= 11 is 0. The van der Waals surface area contributed by atoms with Gasteiger partial charge in [-0.25, -0.2) is 0 Å². The van der Waals surface area contributed by atoms with Crippen LogP contribution >= 0.6 is 0 Å². The molecule has 1 heterocycles. The molecule has 0 aliphatic heterocycles. The lowest BCUT2D eigenvalue weighted by molar-refractivity contribution is 0.101. The topological polar surface area (TPSA) is 34.9 Å². The molecule has 78 valence electrons. The van der Waals surface area contributed by atoms with E-state index in [0.29, 0.717) is 5.69 Å². The van der Waals surface area contributed by atoms with Gasteiger partial charge in [-0.15, -0.1) is 0 Å². The molecular weight excluding hydrogens is 188 g/mol. The fourth-order valence-electron chi connectivity index (χ4n) is 1.79. The number of hydrogen-bond acceptors (Lipinski definition) is 2. The molecule has 0 aliphatic rings. The highest BCUT2D eigenvalue weighted by atomic mass is 16.1. The summed E-state index contributed by atoms with van der Waals surface area (Å²) in [4.78, 5) is 11.4. The van der Waals surface area contributed by atoms with Crippen LogP contribution in [-0.2, 0) is 6.54 Å². The van der Waals surface area contributed by atoms with Crippen LogP contribution in [0.2, 0.25) is 0 Å². The van der Waals surface area contributed by atoms with Crippen molar-refractivity contribution in [1.82, 2.24) is 9.78 Å². The molecule has 0 unspecified atom stereocenters. The third-order valence-corrected chi connectivity index (χ3v) is 2.54. The van der Waals surface area contributed by atoms with E-state index in [1.54, 1.807) is 6.92 Å². The molecule has 0 spiro atoms. The summed E-state index contributed by atoms with van der Waals surface area (Å²) in [7, 11) is 0. The standard InChI is InChI=1S/C12H14N2O/c1-4-14-11-6-5-8(2)7-10(11)12(13-14)9(3)15/h5-7H,4H2,1-3H3. The van der Waals surface area contributed by atoms with E-state index in [-0.39, 0.29) is 5.78 Å². The second-order valence-corrected chi connectivity index (χ2v) is 3.74. The molecule has 3 heteroatoms. The summed E-state index contributed by atoms with van der Waals surface area (Å²) in [6, 6.07) is 6.08. The lowest BCUT2D eigenvalue weighted by Crippen LogP contribution is -1.99. The number of carbonyl (C=O) groups excluding carboxylic acids is 1. The van der Waals surface area contributed by atoms with Crippen molar-refractivity contribution in [2.75, 3.05) is 0 Å². The summed E-state index contributed by atoms with van der Waals surface area (Å²) < 4.78 is 1.87. The Kier molecular flexibility index (Phi) is 2.31. The van der Waals surface area contributed by atoms with Gasteiger partial charge in [-0.1, -0.05) is 11.6 Å². The molecule has 0 radical (unpaired) electrons.